The molecule has 3 heterocycles. The van der Waals surface area contributed by atoms with Crippen LogP contribution in [0.3, 0.4) is 0 Å². The lowest BCUT2D eigenvalue weighted by molar-refractivity contribution is 0.0945. The molecule has 1 N–H and O–H groups in total. The fraction of sp³-hybridized carbons (Fsp3) is 0.312. The first-order valence-corrected chi connectivity index (χ1v) is 8.48. The van der Waals surface area contributed by atoms with Gasteiger partial charge in [-0.1, -0.05) is 0 Å². The minimum Gasteiger partial charge on any atom is -0.474 e. The van der Waals surface area contributed by atoms with Crippen molar-refractivity contribution in [3.05, 3.63) is 47.4 Å². The van der Waals surface area contributed by atoms with Crippen molar-refractivity contribution in [1.29, 1.82) is 0 Å². The summed E-state index contributed by atoms with van der Waals surface area (Å²) in [6.07, 6.45) is 9.06. The van der Waals surface area contributed by atoms with Gasteiger partial charge in [0.25, 0.3) is 5.91 Å². The second-order valence-corrected chi connectivity index (χ2v) is 6.43. The van der Waals surface area contributed by atoms with E-state index in [2.05, 4.69) is 15.3 Å². The van der Waals surface area contributed by atoms with Gasteiger partial charge in [-0.3, -0.25) is 9.20 Å². The van der Waals surface area contributed by atoms with Crippen molar-refractivity contribution >= 4 is 22.2 Å². The molecule has 0 saturated heterocycles. The van der Waals surface area contributed by atoms with E-state index in [0.29, 0.717) is 18.0 Å². The second-order valence-electron chi connectivity index (χ2n) is 5.56. The molecule has 1 fully saturated rings. The van der Waals surface area contributed by atoms with Crippen LogP contribution in [0, 0.1) is 0 Å². The molecule has 7 heteroatoms. The maximum Gasteiger partial charge on any atom is 0.251 e. The van der Waals surface area contributed by atoms with Crippen molar-refractivity contribution in [3.8, 4) is 5.88 Å². The molecular weight excluding hydrogens is 312 g/mol. The van der Waals surface area contributed by atoms with Crippen LogP contribution in [0.1, 0.15) is 35.3 Å². The number of pyridine rings is 1. The number of ether oxygens (including phenoxy) is 1. The van der Waals surface area contributed by atoms with Gasteiger partial charge in [-0.05, 0) is 25.3 Å². The van der Waals surface area contributed by atoms with Gasteiger partial charge in [-0.2, -0.15) is 0 Å². The Hall–Kier alpha value is -2.41. The number of aromatic nitrogens is 3. The van der Waals surface area contributed by atoms with Gasteiger partial charge in [-0.25, -0.2) is 9.97 Å². The van der Waals surface area contributed by atoms with E-state index in [4.69, 9.17) is 4.74 Å². The van der Waals surface area contributed by atoms with Crippen LogP contribution in [0.2, 0.25) is 0 Å². The van der Waals surface area contributed by atoms with Gasteiger partial charge in [0.2, 0.25) is 5.88 Å². The number of nitrogens with one attached hydrogen (secondary N) is 1. The molecule has 1 saturated carbocycles. The van der Waals surface area contributed by atoms with E-state index >= 15 is 0 Å². The van der Waals surface area contributed by atoms with E-state index in [1.807, 2.05) is 22.2 Å². The van der Waals surface area contributed by atoms with Crippen LogP contribution in [0.15, 0.2) is 36.1 Å². The van der Waals surface area contributed by atoms with Gasteiger partial charge in [0, 0.05) is 35.6 Å². The topological polar surface area (TPSA) is 68.5 Å². The Bertz CT molecular complexity index is 809. The van der Waals surface area contributed by atoms with Gasteiger partial charge in [0.05, 0.1) is 12.2 Å². The van der Waals surface area contributed by atoms with Crippen molar-refractivity contribution < 1.29 is 9.53 Å². The Labute approximate surface area is 137 Å². The number of amides is 1. The molecule has 3 aromatic rings. The normalized spacial score (nSPS) is 14.6. The molecule has 0 unspecified atom stereocenters. The standard InChI is InChI=1S/C16H16N4O2S/c21-15(18-9-12-10-20-6-7-23-16(20)19-12)11-4-5-17-14(8-11)22-13-2-1-3-13/h4-8,10,13H,1-3,9H2,(H,18,21). The third-order valence-corrected chi connectivity index (χ3v) is 4.68. The van der Waals surface area contributed by atoms with Gasteiger partial charge < -0.3 is 10.1 Å². The summed E-state index contributed by atoms with van der Waals surface area (Å²) in [5.74, 6) is 0.368. The first kappa shape index (κ1) is 14.2. The summed E-state index contributed by atoms with van der Waals surface area (Å²) in [5, 5.41) is 4.86. The number of carbonyl (C=O) groups excluding carboxylic acids is 1. The van der Waals surface area contributed by atoms with Gasteiger partial charge in [0.1, 0.15) is 6.10 Å². The smallest absolute Gasteiger partial charge is 0.251 e. The fourth-order valence-corrected chi connectivity index (χ4v) is 3.13. The van der Waals surface area contributed by atoms with Crippen LogP contribution in [-0.2, 0) is 6.54 Å². The van der Waals surface area contributed by atoms with Gasteiger partial charge in [0.15, 0.2) is 4.96 Å². The Kier molecular flexibility index (Phi) is 3.70. The molecule has 1 amide bonds. The molecule has 0 atom stereocenters. The summed E-state index contributed by atoms with van der Waals surface area (Å²) < 4.78 is 7.68. The molecule has 4 rings (SSSR count). The zero-order chi connectivity index (χ0) is 15.6. The summed E-state index contributed by atoms with van der Waals surface area (Å²) in [7, 11) is 0. The Morgan fingerprint density at radius 1 is 1.48 bits per heavy atom. The molecule has 0 aromatic carbocycles. The number of hydrogen-bond donors (Lipinski definition) is 1. The summed E-state index contributed by atoms with van der Waals surface area (Å²) in [6, 6.07) is 3.38. The van der Waals surface area contributed by atoms with Crippen LogP contribution in [0.4, 0.5) is 0 Å². The molecule has 0 bridgehead atoms. The van der Waals surface area contributed by atoms with Crippen LogP contribution in [0.25, 0.3) is 4.96 Å². The van der Waals surface area contributed by atoms with E-state index in [1.165, 1.54) is 6.42 Å². The van der Waals surface area contributed by atoms with E-state index in [-0.39, 0.29) is 12.0 Å². The van der Waals surface area contributed by atoms with Crippen molar-refractivity contribution in [2.75, 3.05) is 0 Å². The quantitative estimate of drug-likeness (QED) is 0.782. The number of nitrogens with zero attached hydrogens (tertiary/aromatic N) is 3. The molecule has 1 aliphatic rings. The number of thiazole rings is 1. The predicted octanol–water partition coefficient (Wildman–Crippen LogP) is 2.65. The average molecular weight is 328 g/mol. The third kappa shape index (κ3) is 3.05. The molecule has 0 radical (unpaired) electrons. The third-order valence-electron chi connectivity index (χ3n) is 3.91. The molecule has 1 aliphatic carbocycles. The molecule has 6 nitrogen and oxygen atoms in total. The number of imidazole rings is 1. The van der Waals surface area contributed by atoms with E-state index in [0.717, 1.165) is 23.5 Å². The highest BCUT2D eigenvalue weighted by Crippen LogP contribution is 2.24. The first-order valence-electron chi connectivity index (χ1n) is 7.60. The summed E-state index contributed by atoms with van der Waals surface area (Å²) in [5.41, 5.74) is 1.39. The lowest BCUT2D eigenvalue weighted by Crippen LogP contribution is -2.26. The molecular formula is C16H16N4O2S. The highest BCUT2D eigenvalue weighted by atomic mass is 32.1. The zero-order valence-electron chi connectivity index (χ0n) is 12.4. The van der Waals surface area contributed by atoms with Crippen LogP contribution < -0.4 is 10.1 Å². The minimum absolute atomic E-state index is 0.151. The first-order chi connectivity index (χ1) is 11.3. The van der Waals surface area contributed by atoms with E-state index in [9.17, 15) is 4.79 Å². The average Bonchev–Trinajstić information content (AvgIpc) is 3.10. The van der Waals surface area contributed by atoms with E-state index < -0.39 is 0 Å². The summed E-state index contributed by atoms with van der Waals surface area (Å²) >= 11 is 1.57. The predicted molar refractivity (Wildman–Crippen MR) is 86.7 cm³/mol. The summed E-state index contributed by atoms with van der Waals surface area (Å²) in [6.45, 7) is 0.397. The van der Waals surface area contributed by atoms with Crippen LogP contribution >= 0.6 is 11.3 Å². The summed E-state index contributed by atoms with van der Waals surface area (Å²) in [4.78, 5) is 21.8. The SMILES string of the molecule is O=C(NCc1cn2ccsc2n1)c1ccnc(OC2CCC2)c1. The molecule has 0 aliphatic heterocycles. The van der Waals surface area contributed by atoms with Crippen molar-refractivity contribution in [3.63, 3.8) is 0 Å². The van der Waals surface area contributed by atoms with Crippen LogP contribution in [-0.4, -0.2) is 26.4 Å². The highest BCUT2D eigenvalue weighted by Gasteiger charge is 2.20. The molecule has 118 valence electrons. The number of carbonyl (C=O) groups is 1. The second kappa shape index (κ2) is 6.00. The molecule has 0 spiro atoms. The zero-order valence-corrected chi connectivity index (χ0v) is 13.3. The van der Waals surface area contributed by atoms with Crippen molar-refractivity contribution in [2.45, 2.75) is 31.9 Å². The lowest BCUT2D eigenvalue weighted by atomic mass is 9.96. The Morgan fingerprint density at radius 2 is 2.39 bits per heavy atom. The monoisotopic (exact) mass is 328 g/mol. The lowest BCUT2D eigenvalue weighted by Gasteiger charge is -2.25. The van der Waals surface area contributed by atoms with Crippen molar-refractivity contribution in [1.82, 2.24) is 19.7 Å². The highest BCUT2D eigenvalue weighted by molar-refractivity contribution is 7.15. The Balaban J connectivity index is 1.39. The number of fused-ring (bicyclic) bond motifs is 1. The minimum atomic E-state index is -0.151. The Morgan fingerprint density at radius 3 is 3.17 bits per heavy atom. The molecule has 3 aromatic heterocycles. The number of rotatable bonds is 5. The largest absolute Gasteiger partial charge is 0.474 e. The fourth-order valence-electron chi connectivity index (χ4n) is 2.41. The maximum absolute atomic E-state index is 12.3. The van der Waals surface area contributed by atoms with Gasteiger partial charge >= 0.3 is 0 Å². The molecule has 23 heavy (non-hydrogen) atoms. The van der Waals surface area contributed by atoms with E-state index in [1.54, 1.807) is 29.7 Å². The van der Waals surface area contributed by atoms with Crippen molar-refractivity contribution in [2.24, 2.45) is 0 Å². The maximum atomic E-state index is 12.3. The van der Waals surface area contributed by atoms with Gasteiger partial charge in [-0.15, -0.1) is 11.3 Å². The van der Waals surface area contributed by atoms with Crippen LogP contribution in [0.5, 0.6) is 5.88 Å². The number of hydrogen-bond acceptors (Lipinski definition) is 5.